The van der Waals surface area contributed by atoms with Crippen molar-refractivity contribution in [3.05, 3.63) is 57.5 Å². The number of carbonyl (C=O) groups is 2. The standard InChI is InChI=1S/C17H12Cl2N2O3S/c1-9(16(22)21-13-6-11(18)5-12(19)7-13)24-17(23)10-2-3-14-15(4-10)25-8-20-14/h2-9H,1H3,(H,21,22)/t9-/m1/s1. The maximum atomic E-state index is 12.2. The first-order chi connectivity index (χ1) is 11.9. The zero-order valence-corrected chi connectivity index (χ0v) is 15.3. The minimum Gasteiger partial charge on any atom is -0.449 e. The Morgan fingerprint density at radius 2 is 1.88 bits per heavy atom. The van der Waals surface area contributed by atoms with Crippen LogP contribution in [-0.2, 0) is 9.53 Å². The van der Waals surface area contributed by atoms with Gasteiger partial charge in [0.2, 0.25) is 0 Å². The van der Waals surface area contributed by atoms with Crippen molar-refractivity contribution in [2.45, 2.75) is 13.0 Å². The Kier molecular flexibility index (Phi) is 5.22. The molecule has 0 spiro atoms. The summed E-state index contributed by atoms with van der Waals surface area (Å²) in [5, 5.41) is 3.40. The van der Waals surface area contributed by atoms with Gasteiger partial charge in [0.1, 0.15) is 0 Å². The lowest BCUT2D eigenvalue weighted by Crippen LogP contribution is -2.30. The van der Waals surface area contributed by atoms with Crippen LogP contribution in [0.2, 0.25) is 10.0 Å². The van der Waals surface area contributed by atoms with Crippen LogP contribution in [0.25, 0.3) is 10.2 Å². The van der Waals surface area contributed by atoms with Gasteiger partial charge in [0.15, 0.2) is 6.10 Å². The molecule has 1 heterocycles. The highest BCUT2D eigenvalue weighted by atomic mass is 35.5. The molecule has 5 nitrogen and oxygen atoms in total. The lowest BCUT2D eigenvalue weighted by atomic mass is 10.2. The van der Waals surface area contributed by atoms with E-state index in [4.69, 9.17) is 27.9 Å². The summed E-state index contributed by atoms with van der Waals surface area (Å²) in [4.78, 5) is 28.6. The summed E-state index contributed by atoms with van der Waals surface area (Å²) in [6, 6.07) is 9.70. The smallest absolute Gasteiger partial charge is 0.338 e. The van der Waals surface area contributed by atoms with E-state index < -0.39 is 18.0 Å². The molecule has 0 fully saturated rings. The molecule has 0 aliphatic rings. The van der Waals surface area contributed by atoms with Crippen molar-refractivity contribution in [1.82, 2.24) is 4.98 Å². The number of fused-ring (bicyclic) bond motifs is 1. The molecule has 1 aromatic heterocycles. The van der Waals surface area contributed by atoms with Crippen LogP contribution in [0.3, 0.4) is 0 Å². The van der Waals surface area contributed by atoms with Crippen molar-refractivity contribution < 1.29 is 14.3 Å². The lowest BCUT2D eigenvalue weighted by Gasteiger charge is -2.14. The molecule has 0 unspecified atom stereocenters. The van der Waals surface area contributed by atoms with Crippen LogP contribution < -0.4 is 5.32 Å². The number of thiazole rings is 1. The largest absolute Gasteiger partial charge is 0.449 e. The van der Waals surface area contributed by atoms with Gasteiger partial charge in [0.25, 0.3) is 5.91 Å². The summed E-state index contributed by atoms with van der Waals surface area (Å²) in [6.45, 7) is 1.49. The maximum absolute atomic E-state index is 12.2. The summed E-state index contributed by atoms with van der Waals surface area (Å²) in [5.41, 5.74) is 3.30. The zero-order chi connectivity index (χ0) is 18.0. The van der Waals surface area contributed by atoms with Crippen molar-refractivity contribution in [2.24, 2.45) is 0 Å². The minimum atomic E-state index is -0.984. The van der Waals surface area contributed by atoms with Crippen molar-refractivity contribution in [3.8, 4) is 0 Å². The van der Waals surface area contributed by atoms with Gasteiger partial charge in [0, 0.05) is 15.7 Å². The Morgan fingerprint density at radius 1 is 1.16 bits per heavy atom. The van der Waals surface area contributed by atoms with Crippen LogP contribution in [-0.4, -0.2) is 23.0 Å². The zero-order valence-electron chi connectivity index (χ0n) is 13.0. The quantitative estimate of drug-likeness (QED) is 0.646. The second kappa shape index (κ2) is 7.39. The summed E-state index contributed by atoms with van der Waals surface area (Å²) >= 11 is 13.2. The van der Waals surface area contributed by atoms with E-state index in [1.807, 2.05) is 0 Å². The molecular weight excluding hydrogens is 383 g/mol. The average molecular weight is 395 g/mol. The topological polar surface area (TPSA) is 68.3 Å². The number of hydrogen-bond acceptors (Lipinski definition) is 5. The fraction of sp³-hybridized carbons (Fsp3) is 0.118. The molecule has 128 valence electrons. The second-order valence-corrected chi connectivity index (χ2v) is 6.99. The molecule has 0 aliphatic carbocycles. The molecule has 0 aliphatic heterocycles. The monoisotopic (exact) mass is 394 g/mol. The summed E-state index contributed by atoms with van der Waals surface area (Å²) < 4.78 is 6.10. The second-order valence-electron chi connectivity index (χ2n) is 5.23. The highest BCUT2D eigenvalue weighted by Crippen LogP contribution is 2.23. The number of nitrogens with zero attached hydrogens (tertiary/aromatic N) is 1. The first-order valence-corrected chi connectivity index (χ1v) is 8.87. The van der Waals surface area contributed by atoms with Crippen molar-refractivity contribution >= 4 is 62.3 Å². The average Bonchev–Trinajstić information content (AvgIpc) is 3.01. The van der Waals surface area contributed by atoms with Crippen LogP contribution in [0.4, 0.5) is 5.69 Å². The third-order valence-corrected chi connectivity index (χ3v) is 4.58. The highest BCUT2D eigenvalue weighted by molar-refractivity contribution is 7.16. The third-order valence-electron chi connectivity index (χ3n) is 3.35. The highest BCUT2D eigenvalue weighted by Gasteiger charge is 2.19. The molecule has 1 atom stereocenters. The van der Waals surface area contributed by atoms with Crippen LogP contribution >= 0.6 is 34.5 Å². The Balaban J connectivity index is 1.66. The van der Waals surface area contributed by atoms with Gasteiger partial charge < -0.3 is 10.1 Å². The molecule has 0 saturated heterocycles. The first-order valence-electron chi connectivity index (χ1n) is 7.23. The van der Waals surface area contributed by atoms with E-state index in [0.29, 0.717) is 21.3 Å². The number of esters is 1. The van der Waals surface area contributed by atoms with E-state index >= 15 is 0 Å². The van der Waals surface area contributed by atoms with Gasteiger partial charge in [-0.05, 0) is 43.3 Å². The molecule has 1 N–H and O–H groups in total. The van der Waals surface area contributed by atoms with Crippen molar-refractivity contribution in [2.75, 3.05) is 5.32 Å². The predicted octanol–water partition coefficient (Wildman–Crippen LogP) is 4.79. The molecule has 1 amide bonds. The molecule has 2 aromatic carbocycles. The van der Waals surface area contributed by atoms with Gasteiger partial charge in [-0.25, -0.2) is 9.78 Å². The maximum Gasteiger partial charge on any atom is 0.338 e. The molecule has 25 heavy (non-hydrogen) atoms. The van der Waals surface area contributed by atoms with E-state index in [9.17, 15) is 9.59 Å². The molecule has 0 bridgehead atoms. The van der Waals surface area contributed by atoms with Crippen LogP contribution in [0.15, 0.2) is 41.9 Å². The molecule has 0 saturated carbocycles. The van der Waals surface area contributed by atoms with Gasteiger partial charge in [-0.1, -0.05) is 23.2 Å². The van der Waals surface area contributed by atoms with Gasteiger partial charge in [0.05, 0.1) is 21.3 Å². The summed E-state index contributed by atoms with van der Waals surface area (Å²) in [6.07, 6.45) is -0.984. The number of rotatable bonds is 4. The minimum absolute atomic E-state index is 0.363. The normalized spacial score (nSPS) is 12.0. The van der Waals surface area contributed by atoms with E-state index in [1.165, 1.54) is 18.3 Å². The molecular formula is C17H12Cl2N2O3S. The van der Waals surface area contributed by atoms with E-state index in [-0.39, 0.29) is 0 Å². The first kappa shape index (κ1) is 17.7. The van der Waals surface area contributed by atoms with Gasteiger partial charge >= 0.3 is 5.97 Å². The van der Waals surface area contributed by atoms with E-state index in [0.717, 1.165) is 10.2 Å². The Hall–Kier alpha value is -2.15. The number of aromatic nitrogens is 1. The number of nitrogens with one attached hydrogen (secondary N) is 1. The fourth-order valence-electron chi connectivity index (χ4n) is 2.13. The Morgan fingerprint density at radius 3 is 2.60 bits per heavy atom. The predicted molar refractivity (Wildman–Crippen MR) is 99.6 cm³/mol. The van der Waals surface area contributed by atoms with Gasteiger partial charge in [-0.3, -0.25) is 4.79 Å². The lowest BCUT2D eigenvalue weighted by molar-refractivity contribution is -0.123. The summed E-state index contributed by atoms with van der Waals surface area (Å²) in [5.74, 6) is -1.06. The number of anilines is 1. The Labute approximate surface area is 157 Å². The molecule has 3 rings (SSSR count). The SMILES string of the molecule is C[C@@H](OC(=O)c1ccc2ncsc2c1)C(=O)Nc1cc(Cl)cc(Cl)c1. The van der Waals surface area contributed by atoms with Crippen LogP contribution in [0.1, 0.15) is 17.3 Å². The van der Waals surface area contributed by atoms with Gasteiger partial charge in [-0.15, -0.1) is 11.3 Å². The van der Waals surface area contributed by atoms with Crippen molar-refractivity contribution in [1.29, 1.82) is 0 Å². The van der Waals surface area contributed by atoms with E-state index in [2.05, 4.69) is 10.3 Å². The van der Waals surface area contributed by atoms with E-state index in [1.54, 1.807) is 41.9 Å². The number of halogens is 2. The van der Waals surface area contributed by atoms with Gasteiger partial charge in [-0.2, -0.15) is 0 Å². The molecule has 0 radical (unpaired) electrons. The number of carbonyl (C=O) groups excluding carboxylic acids is 2. The number of amides is 1. The van der Waals surface area contributed by atoms with Crippen molar-refractivity contribution in [3.63, 3.8) is 0 Å². The molecule has 8 heteroatoms. The van der Waals surface area contributed by atoms with Crippen LogP contribution in [0, 0.1) is 0 Å². The number of benzene rings is 2. The number of hydrogen-bond donors (Lipinski definition) is 1. The number of ether oxygens (including phenoxy) is 1. The summed E-state index contributed by atoms with van der Waals surface area (Å²) in [7, 11) is 0. The molecule has 3 aromatic rings. The fourth-order valence-corrected chi connectivity index (χ4v) is 3.38. The van der Waals surface area contributed by atoms with Crippen LogP contribution in [0.5, 0.6) is 0 Å². The Bertz CT molecular complexity index is 938. The third kappa shape index (κ3) is 4.28.